The second-order valence-electron chi connectivity index (χ2n) is 13.8. The zero-order valence-corrected chi connectivity index (χ0v) is 29.2. The summed E-state index contributed by atoms with van der Waals surface area (Å²) in [6, 6.07) is 77.3. The molecule has 0 heterocycles. The van der Waals surface area contributed by atoms with Crippen molar-refractivity contribution in [1.29, 1.82) is 0 Å². The minimum absolute atomic E-state index is 1.11. The van der Waals surface area contributed by atoms with E-state index in [1.807, 2.05) is 0 Å². The zero-order chi connectivity index (χ0) is 35.1. The molecule has 0 atom stereocenters. The highest BCUT2D eigenvalue weighted by Gasteiger charge is 2.16. The summed E-state index contributed by atoms with van der Waals surface area (Å²) in [4.78, 5) is 2.38. The van der Waals surface area contributed by atoms with Crippen molar-refractivity contribution in [1.82, 2.24) is 0 Å². The van der Waals surface area contributed by atoms with Gasteiger partial charge in [0.1, 0.15) is 0 Å². The highest BCUT2D eigenvalue weighted by atomic mass is 15.1. The van der Waals surface area contributed by atoms with Gasteiger partial charge in [0.2, 0.25) is 0 Å². The van der Waals surface area contributed by atoms with Gasteiger partial charge in [0, 0.05) is 17.1 Å². The first-order chi connectivity index (χ1) is 26.3. The Hall–Kier alpha value is -6.96. The molecule has 0 aromatic heterocycles. The summed E-state index contributed by atoms with van der Waals surface area (Å²) in [5, 5.41) is 10.0. The first kappa shape index (κ1) is 30.8. The number of hydrogen-bond donors (Lipinski definition) is 0. The molecule has 0 spiro atoms. The summed E-state index contributed by atoms with van der Waals surface area (Å²) in [5.41, 5.74) is 10.7. The van der Waals surface area contributed by atoms with Gasteiger partial charge in [-0.3, -0.25) is 0 Å². The minimum Gasteiger partial charge on any atom is -0.310 e. The highest BCUT2D eigenvalue weighted by molar-refractivity contribution is 6.09. The number of nitrogens with zero attached hydrogens (tertiary/aromatic N) is 1. The first-order valence-electron chi connectivity index (χ1n) is 18.3. The minimum atomic E-state index is 1.11. The Kier molecular flexibility index (Phi) is 7.55. The lowest BCUT2D eigenvalue weighted by molar-refractivity contribution is 1.29. The number of anilines is 3. The van der Waals surface area contributed by atoms with Gasteiger partial charge in [0.25, 0.3) is 0 Å². The summed E-state index contributed by atoms with van der Waals surface area (Å²) in [6.45, 7) is 0. The molecule has 0 aliphatic carbocycles. The Bertz CT molecular complexity index is 2920. The van der Waals surface area contributed by atoms with Crippen molar-refractivity contribution in [3.63, 3.8) is 0 Å². The third kappa shape index (κ3) is 5.60. The maximum atomic E-state index is 2.38. The van der Waals surface area contributed by atoms with Crippen LogP contribution in [0.2, 0.25) is 0 Å². The SMILES string of the molecule is c1ccc(-c2cccc3ccc(-c4ccc(N(c5ccc(-c6cccc7ccccc67)cc5)c5ccc6ccc7ccccc7c6c5)cc4)cc23)cc1. The summed E-state index contributed by atoms with van der Waals surface area (Å²) in [7, 11) is 0. The van der Waals surface area contributed by atoms with Crippen molar-refractivity contribution in [3.8, 4) is 33.4 Å². The lowest BCUT2D eigenvalue weighted by Gasteiger charge is -2.26. The van der Waals surface area contributed by atoms with Crippen LogP contribution in [0.3, 0.4) is 0 Å². The van der Waals surface area contributed by atoms with Crippen LogP contribution in [-0.2, 0) is 0 Å². The van der Waals surface area contributed by atoms with Crippen molar-refractivity contribution in [2.75, 3.05) is 4.90 Å². The normalized spacial score (nSPS) is 11.4. The Morgan fingerprint density at radius 2 is 0.679 bits per heavy atom. The third-order valence-electron chi connectivity index (χ3n) is 10.6. The molecule has 0 amide bonds. The van der Waals surface area contributed by atoms with Gasteiger partial charge in [-0.25, -0.2) is 0 Å². The maximum absolute atomic E-state index is 2.38. The first-order valence-corrected chi connectivity index (χ1v) is 18.3. The fourth-order valence-corrected chi connectivity index (χ4v) is 7.97. The van der Waals surface area contributed by atoms with Gasteiger partial charge in [-0.05, 0) is 119 Å². The molecule has 0 fully saturated rings. The molecule has 0 bridgehead atoms. The van der Waals surface area contributed by atoms with Crippen LogP contribution in [0.15, 0.2) is 212 Å². The van der Waals surface area contributed by atoms with Crippen LogP contribution >= 0.6 is 0 Å². The highest BCUT2D eigenvalue weighted by Crippen LogP contribution is 2.40. The zero-order valence-electron chi connectivity index (χ0n) is 29.2. The average Bonchev–Trinajstić information content (AvgIpc) is 3.24. The second-order valence-corrected chi connectivity index (χ2v) is 13.8. The van der Waals surface area contributed by atoms with Crippen LogP contribution < -0.4 is 4.90 Å². The molecule has 53 heavy (non-hydrogen) atoms. The van der Waals surface area contributed by atoms with Gasteiger partial charge in [0.05, 0.1) is 0 Å². The number of hydrogen-bond acceptors (Lipinski definition) is 1. The molecule has 0 saturated carbocycles. The van der Waals surface area contributed by atoms with E-state index in [9.17, 15) is 0 Å². The molecule has 10 aromatic rings. The predicted molar refractivity (Wildman–Crippen MR) is 227 cm³/mol. The van der Waals surface area contributed by atoms with Crippen molar-refractivity contribution in [2.45, 2.75) is 0 Å². The lowest BCUT2D eigenvalue weighted by Crippen LogP contribution is -2.09. The molecular formula is C52H35N. The maximum Gasteiger partial charge on any atom is 0.0468 e. The van der Waals surface area contributed by atoms with E-state index in [1.54, 1.807) is 0 Å². The summed E-state index contributed by atoms with van der Waals surface area (Å²) in [5.74, 6) is 0. The Morgan fingerprint density at radius 1 is 0.226 bits per heavy atom. The van der Waals surface area contributed by atoms with E-state index < -0.39 is 0 Å². The molecule has 1 heteroatoms. The monoisotopic (exact) mass is 673 g/mol. The molecule has 0 N–H and O–H groups in total. The van der Waals surface area contributed by atoms with E-state index in [1.165, 1.54) is 76.5 Å². The Balaban J connectivity index is 1.08. The predicted octanol–water partition coefficient (Wildman–Crippen LogP) is 14.8. The van der Waals surface area contributed by atoms with E-state index >= 15 is 0 Å². The van der Waals surface area contributed by atoms with Crippen molar-refractivity contribution in [3.05, 3.63) is 212 Å². The van der Waals surface area contributed by atoms with E-state index in [4.69, 9.17) is 0 Å². The summed E-state index contributed by atoms with van der Waals surface area (Å²) >= 11 is 0. The summed E-state index contributed by atoms with van der Waals surface area (Å²) in [6.07, 6.45) is 0. The van der Waals surface area contributed by atoms with Crippen molar-refractivity contribution >= 4 is 60.2 Å². The third-order valence-corrected chi connectivity index (χ3v) is 10.6. The Labute approximate surface area is 309 Å². The van der Waals surface area contributed by atoms with Crippen molar-refractivity contribution < 1.29 is 0 Å². The molecule has 10 aromatic carbocycles. The molecule has 0 radical (unpaired) electrons. The smallest absolute Gasteiger partial charge is 0.0468 e. The van der Waals surface area contributed by atoms with E-state index in [0.29, 0.717) is 0 Å². The van der Waals surface area contributed by atoms with Gasteiger partial charge in [-0.2, -0.15) is 0 Å². The number of benzene rings is 10. The molecular weight excluding hydrogens is 639 g/mol. The molecule has 0 saturated heterocycles. The number of fused-ring (bicyclic) bond motifs is 5. The Morgan fingerprint density at radius 3 is 1.40 bits per heavy atom. The van der Waals surface area contributed by atoms with Gasteiger partial charge >= 0.3 is 0 Å². The quantitative estimate of drug-likeness (QED) is 0.159. The molecule has 0 aliphatic heterocycles. The average molecular weight is 674 g/mol. The van der Waals surface area contributed by atoms with Gasteiger partial charge in [-0.15, -0.1) is 0 Å². The topological polar surface area (TPSA) is 3.24 Å². The molecule has 0 unspecified atom stereocenters. The van der Waals surface area contributed by atoms with Crippen LogP contribution in [-0.4, -0.2) is 0 Å². The standard InChI is InChI=1S/C52H35N/c1-2-10-37(11-3-1)50-19-9-15-40-22-23-43(34-51(40)50)36-24-29-44(30-25-36)53(46-33-28-42-21-20-39-13-5-7-17-49(39)52(42)35-46)45-31-26-41(27-32-45)48-18-8-14-38-12-4-6-16-47(38)48/h1-35H. The van der Waals surface area contributed by atoms with Gasteiger partial charge < -0.3 is 4.90 Å². The van der Waals surface area contributed by atoms with Crippen LogP contribution in [0.1, 0.15) is 0 Å². The molecule has 248 valence electrons. The van der Waals surface area contributed by atoms with E-state index in [2.05, 4.69) is 217 Å². The lowest BCUT2D eigenvalue weighted by atomic mass is 9.94. The van der Waals surface area contributed by atoms with E-state index in [-0.39, 0.29) is 0 Å². The largest absolute Gasteiger partial charge is 0.310 e. The fourth-order valence-electron chi connectivity index (χ4n) is 7.97. The van der Waals surface area contributed by atoms with Crippen LogP contribution in [0.4, 0.5) is 17.1 Å². The van der Waals surface area contributed by atoms with Crippen LogP contribution in [0.25, 0.3) is 76.5 Å². The van der Waals surface area contributed by atoms with Gasteiger partial charge in [0.15, 0.2) is 0 Å². The van der Waals surface area contributed by atoms with Crippen LogP contribution in [0.5, 0.6) is 0 Å². The van der Waals surface area contributed by atoms with Crippen LogP contribution in [0, 0.1) is 0 Å². The fraction of sp³-hybridized carbons (Fsp3) is 0. The van der Waals surface area contributed by atoms with Crippen molar-refractivity contribution in [2.24, 2.45) is 0 Å². The second kappa shape index (κ2) is 13.0. The number of rotatable bonds is 6. The molecule has 1 nitrogen and oxygen atoms in total. The van der Waals surface area contributed by atoms with Gasteiger partial charge in [-0.1, -0.05) is 170 Å². The van der Waals surface area contributed by atoms with E-state index in [0.717, 1.165) is 17.1 Å². The molecule has 10 rings (SSSR count). The summed E-state index contributed by atoms with van der Waals surface area (Å²) < 4.78 is 0. The molecule has 0 aliphatic rings.